The van der Waals surface area contributed by atoms with Gasteiger partial charge in [0.1, 0.15) is 11.5 Å². The van der Waals surface area contributed by atoms with Crippen molar-refractivity contribution in [3.63, 3.8) is 0 Å². The van der Waals surface area contributed by atoms with E-state index in [9.17, 15) is 14.7 Å². The predicted molar refractivity (Wildman–Crippen MR) is 157 cm³/mol. The van der Waals surface area contributed by atoms with Crippen LogP contribution in [-0.4, -0.2) is 35.7 Å². The molecular weight excluding hydrogens is 476 g/mol. The highest BCUT2D eigenvalue weighted by molar-refractivity contribution is 6.09. The summed E-state index contributed by atoms with van der Waals surface area (Å²) in [6.07, 6.45) is 4.09. The number of hydrogen-bond acceptors (Lipinski definition) is 5. The van der Waals surface area contributed by atoms with Crippen LogP contribution in [0.3, 0.4) is 0 Å². The number of nitrogens with one attached hydrogen (secondary N) is 1. The number of allylic oxidation sites excluding steroid dienone is 3. The van der Waals surface area contributed by atoms with Gasteiger partial charge in [-0.3, -0.25) is 9.79 Å². The maximum Gasteiger partial charge on any atom is 0.336 e. The van der Waals surface area contributed by atoms with Gasteiger partial charge in [0.25, 0.3) is 0 Å². The van der Waals surface area contributed by atoms with Crippen molar-refractivity contribution in [2.45, 2.75) is 68.2 Å². The number of ketones is 1. The Morgan fingerprint density at radius 1 is 1.03 bits per heavy atom. The zero-order valence-corrected chi connectivity index (χ0v) is 24.2. The first kappa shape index (κ1) is 30.6. The third-order valence-electron chi connectivity index (χ3n) is 6.44. The quantitative estimate of drug-likeness (QED) is 0.381. The molecule has 2 atom stereocenters. The summed E-state index contributed by atoms with van der Waals surface area (Å²) in [5.74, 6) is -0.244. The summed E-state index contributed by atoms with van der Waals surface area (Å²) in [6, 6.07) is 9.06. The second-order valence-electron chi connectivity index (χ2n) is 8.76. The number of carbonyl (C=O) groups is 2. The number of carboxylic acid groups (broad SMARTS) is 1. The monoisotopic (exact) mass is 518 g/mol. The van der Waals surface area contributed by atoms with Crippen LogP contribution < -0.4 is 10.1 Å². The van der Waals surface area contributed by atoms with Gasteiger partial charge in [0.05, 0.1) is 11.3 Å². The molecule has 2 unspecified atom stereocenters. The van der Waals surface area contributed by atoms with Crippen molar-refractivity contribution in [1.29, 1.82) is 0 Å². The van der Waals surface area contributed by atoms with E-state index in [4.69, 9.17) is 4.74 Å². The van der Waals surface area contributed by atoms with Crippen LogP contribution in [0, 0.1) is 12.8 Å². The van der Waals surface area contributed by atoms with Crippen molar-refractivity contribution in [1.82, 2.24) is 0 Å². The summed E-state index contributed by atoms with van der Waals surface area (Å²) < 4.78 is 6.41. The number of carboxylic acids is 1. The molecule has 1 aliphatic heterocycles. The third-order valence-corrected chi connectivity index (χ3v) is 6.44. The zero-order chi connectivity index (χ0) is 28.6. The maximum atomic E-state index is 12.3. The number of benzene rings is 2. The molecule has 0 saturated carbocycles. The van der Waals surface area contributed by atoms with E-state index in [0.29, 0.717) is 23.4 Å². The molecule has 0 fully saturated rings. The minimum Gasteiger partial charge on any atom is -0.478 e. The van der Waals surface area contributed by atoms with Crippen molar-refractivity contribution < 1.29 is 19.4 Å². The molecule has 2 aliphatic rings. The predicted octanol–water partition coefficient (Wildman–Crippen LogP) is 7.83. The van der Waals surface area contributed by atoms with E-state index in [1.165, 1.54) is 13.0 Å². The van der Waals surface area contributed by atoms with Crippen LogP contribution in [0.2, 0.25) is 0 Å². The molecule has 2 aromatic carbocycles. The van der Waals surface area contributed by atoms with Crippen LogP contribution >= 0.6 is 0 Å². The lowest BCUT2D eigenvalue weighted by Gasteiger charge is -2.37. The Kier molecular flexibility index (Phi) is 11.1. The van der Waals surface area contributed by atoms with Crippen molar-refractivity contribution >= 4 is 23.2 Å². The number of ether oxygens (including phenoxy) is 1. The van der Waals surface area contributed by atoms with Crippen molar-refractivity contribution in [2.75, 3.05) is 18.4 Å². The topological polar surface area (TPSA) is 88.0 Å². The molecule has 0 aromatic heterocycles. The summed E-state index contributed by atoms with van der Waals surface area (Å²) in [4.78, 5) is 28.9. The molecule has 4 rings (SSSR count). The number of rotatable bonds is 6. The van der Waals surface area contributed by atoms with Crippen LogP contribution in [0.4, 0.5) is 5.69 Å². The van der Waals surface area contributed by atoms with Gasteiger partial charge in [0.15, 0.2) is 5.78 Å². The Morgan fingerprint density at radius 3 is 2.29 bits per heavy atom. The molecule has 1 aliphatic carbocycles. The van der Waals surface area contributed by atoms with Crippen LogP contribution in [0.1, 0.15) is 98.7 Å². The molecule has 2 aromatic rings. The molecule has 38 heavy (non-hydrogen) atoms. The summed E-state index contributed by atoms with van der Waals surface area (Å²) in [5.41, 5.74) is 6.06. The summed E-state index contributed by atoms with van der Waals surface area (Å²) in [7, 11) is 0. The molecule has 0 bridgehead atoms. The van der Waals surface area contributed by atoms with Gasteiger partial charge in [0, 0.05) is 53.9 Å². The Labute approximate surface area is 227 Å². The second-order valence-corrected chi connectivity index (χ2v) is 8.76. The standard InChI is InChI=1S/C28H30N2O4.2C2H6/c1-6-29-23-13-25-21(10-15(23)3)27(19-9-8-18(17(5)31)12-20(19)28(32)33)22-11-16(4)24(30-7-2)14-26(22)34-25;2*1-2/h8-14,21,27,30H,6-7H2,1-5H3,(H,32,33);2*1-2H3. The number of nitrogens with zero attached hydrogens (tertiary/aromatic N) is 1. The van der Waals surface area contributed by atoms with Gasteiger partial charge >= 0.3 is 5.97 Å². The molecule has 0 saturated heterocycles. The summed E-state index contributed by atoms with van der Waals surface area (Å²) in [5, 5.41) is 13.4. The van der Waals surface area contributed by atoms with E-state index in [1.54, 1.807) is 12.1 Å². The van der Waals surface area contributed by atoms with Crippen molar-refractivity contribution in [2.24, 2.45) is 10.9 Å². The maximum absolute atomic E-state index is 12.3. The SMILES string of the molecule is CC.CC.CCN=C1C=C2Oc3cc(NCC)c(C)cc3C(c3ccc(C(C)=O)cc3C(=O)O)C2C=C1C. The van der Waals surface area contributed by atoms with E-state index < -0.39 is 5.97 Å². The number of aliphatic imine (C=N–C) groups is 1. The van der Waals surface area contributed by atoms with Crippen molar-refractivity contribution in [3.8, 4) is 5.75 Å². The van der Waals surface area contributed by atoms with Crippen LogP contribution in [0.15, 0.2) is 58.8 Å². The summed E-state index contributed by atoms with van der Waals surface area (Å²) >= 11 is 0. The van der Waals surface area contributed by atoms with Gasteiger partial charge in [-0.1, -0.05) is 45.9 Å². The Bertz CT molecular complexity index is 1270. The molecule has 1 heterocycles. The highest BCUT2D eigenvalue weighted by Crippen LogP contribution is 2.50. The first-order valence-electron chi connectivity index (χ1n) is 13.6. The second kappa shape index (κ2) is 13.8. The van der Waals surface area contributed by atoms with E-state index in [1.807, 2.05) is 67.5 Å². The van der Waals surface area contributed by atoms with E-state index in [0.717, 1.165) is 40.4 Å². The van der Waals surface area contributed by atoms with Gasteiger partial charge < -0.3 is 15.2 Å². The fourth-order valence-corrected chi connectivity index (χ4v) is 4.82. The van der Waals surface area contributed by atoms with Crippen LogP contribution in [-0.2, 0) is 0 Å². The van der Waals surface area contributed by atoms with Gasteiger partial charge in [-0.05, 0) is 63.5 Å². The number of aromatic carboxylic acids is 1. The van der Waals surface area contributed by atoms with Crippen LogP contribution in [0.5, 0.6) is 5.75 Å². The normalized spacial score (nSPS) is 18.2. The number of aryl methyl sites for hydroxylation is 1. The van der Waals surface area contributed by atoms with Gasteiger partial charge in [-0.15, -0.1) is 0 Å². The highest BCUT2D eigenvalue weighted by atomic mass is 16.5. The van der Waals surface area contributed by atoms with Gasteiger partial charge in [-0.2, -0.15) is 0 Å². The molecule has 204 valence electrons. The van der Waals surface area contributed by atoms with Crippen molar-refractivity contribution in [3.05, 3.63) is 81.6 Å². The Morgan fingerprint density at radius 2 is 1.71 bits per heavy atom. The average Bonchev–Trinajstić information content (AvgIpc) is 2.91. The van der Waals surface area contributed by atoms with Gasteiger partial charge in [-0.25, -0.2) is 4.79 Å². The number of Topliss-reactive ketones (excluding diaryl/α,β-unsaturated/α-hetero) is 1. The molecule has 0 amide bonds. The lowest BCUT2D eigenvalue weighted by atomic mass is 9.73. The Hall–Kier alpha value is -3.67. The number of hydrogen-bond donors (Lipinski definition) is 2. The average molecular weight is 519 g/mol. The fraction of sp³-hybridized carbons (Fsp3) is 0.406. The minimum atomic E-state index is -1.05. The highest BCUT2D eigenvalue weighted by Gasteiger charge is 2.39. The summed E-state index contributed by atoms with van der Waals surface area (Å²) in [6.45, 7) is 19.0. The third kappa shape index (κ3) is 6.24. The fourth-order valence-electron chi connectivity index (χ4n) is 4.82. The smallest absolute Gasteiger partial charge is 0.336 e. The molecule has 6 nitrogen and oxygen atoms in total. The van der Waals surface area contributed by atoms with Crippen LogP contribution in [0.25, 0.3) is 0 Å². The van der Waals surface area contributed by atoms with E-state index in [-0.39, 0.29) is 23.2 Å². The number of carbonyl (C=O) groups excluding carboxylic acids is 1. The first-order valence-corrected chi connectivity index (χ1v) is 13.6. The zero-order valence-electron chi connectivity index (χ0n) is 24.2. The molecular formula is C32H42N2O4. The lowest BCUT2D eigenvalue weighted by molar-refractivity contribution is 0.0695. The minimum absolute atomic E-state index is 0.136. The molecule has 2 N–H and O–H groups in total. The Balaban J connectivity index is 0.00000121. The van der Waals surface area contributed by atoms with Gasteiger partial charge in [0.2, 0.25) is 0 Å². The molecule has 0 radical (unpaired) electrons. The number of fused-ring (bicyclic) bond motifs is 2. The molecule has 0 spiro atoms. The lowest BCUT2D eigenvalue weighted by Crippen LogP contribution is -2.29. The van der Waals surface area contributed by atoms with E-state index >= 15 is 0 Å². The number of anilines is 1. The largest absolute Gasteiger partial charge is 0.478 e. The first-order chi connectivity index (χ1) is 18.2. The molecule has 6 heteroatoms. The van der Waals surface area contributed by atoms with E-state index in [2.05, 4.69) is 22.5 Å².